The predicted molar refractivity (Wildman–Crippen MR) is 125 cm³/mol. The molecule has 1 aliphatic heterocycles. The van der Waals surface area contributed by atoms with Gasteiger partial charge >= 0.3 is 0 Å². The molecule has 1 aliphatic carbocycles. The normalized spacial score (nSPS) is 20.6. The number of carbonyl (C=O) groups is 1. The van der Waals surface area contributed by atoms with Crippen molar-refractivity contribution in [3.63, 3.8) is 0 Å². The van der Waals surface area contributed by atoms with Gasteiger partial charge in [0.25, 0.3) is 0 Å². The SMILES string of the molecule is COc1cccc([C@H]2C(C#N)=C(N)N(N(C)C)C3=C2C(=O)C[C@@H](c2ccccc2)C3)c1OC. The number of hydrazine groups is 1. The summed E-state index contributed by atoms with van der Waals surface area (Å²) in [5.41, 5.74) is 10.1. The molecule has 2 N–H and O–H groups in total. The molecule has 2 atom stereocenters. The number of rotatable bonds is 5. The zero-order valence-electron chi connectivity index (χ0n) is 19.3. The van der Waals surface area contributed by atoms with E-state index in [9.17, 15) is 10.1 Å². The van der Waals surface area contributed by atoms with Gasteiger partial charge in [-0.3, -0.25) is 9.80 Å². The van der Waals surface area contributed by atoms with Crippen LogP contribution in [0.3, 0.4) is 0 Å². The van der Waals surface area contributed by atoms with E-state index < -0.39 is 5.92 Å². The molecule has 1 heterocycles. The minimum atomic E-state index is -0.629. The molecule has 0 fully saturated rings. The van der Waals surface area contributed by atoms with Crippen LogP contribution in [0.1, 0.15) is 35.8 Å². The molecule has 0 saturated heterocycles. The van der Waals surface area contributed by atoms with Crippen LogP contribution in [-0.4, -0.2) is 44.1 Å². The maximum absolute atomic E-state index is 13.7. The zero-order chi connectivity index (χ0) is 23.7. The predicted octanol–water partition coefficient (Wildman–Crippen LogP) is 3.67. The molecule has 0 amide bonds. The first kappa shape index (κ1) is 22.4. The van der Waals surface area contributed by atoms with Crippen molar-refractivity contribution in [1.82, 2.24) is 10.0 Å². The van der Waals surface area contributed by atoms with E-state index in [0.717, 1.165) is 11.3 Å². The standard InChI is InChI=1S/C26H28N4O3/c1-29(2)30-20-13-17(16-9-6-5-7-10-16)14-21(31)24(20)23(19(15-27)26(30)28)18-11-8-12-22(32-3)25(18)33-4/h5-12,17,23H,13-14,28H2,1-4H3/t17-,23-/m0/s1. The number of allylic oxidation sites excluding steroid dienone is 3. The summed E-state index contributed by atoms with van der Waals surface area (Å²) in [6, 6.07) is 17.8. The maximum atomic E-state index is 13.7. The summed E-state index contributed by atoms with van der Waals surface area (Å²) in [6.45, 7) is 0. The number of hydrogen-bond acceptors (Lipinski definition) is 7. The molecule has 0 radical (unpaired) electrons. The Labute approximate surface area is 194 Å². The third-order valence-electron chi connectivity index (χ3n) is 6.36. The molecule has 2 aromatic rings. The van der Waals surface area contributed by atoms with Crippen molar-refractivity contribution < 1.29 is 14.3 Å². The highest BCUT2D eigenvalue weighted by atomic mass is 16.5. The van der Waals surface area contributed by atoms with E-state index in [4.69, 9.17) is 15.2 Å². The van der Waals surface area contributed by atoms with Crippen molar-refractivity contribution in [1.29, 1.82) is 5.26 Å². The molecule has 2 aromatic carbocycles. The summed E-state index contributed by atoms with van der Waals surface area (Å²) < 4.78 is 11.2. The Morgan fingerprint density at radius 3 is 2.39 bits per heavy atom. The van der Waals surface area contributed by atoms with Gasteiger partial charge in [-0.25, -0.2) is 5.01 Å². The fourth-order valence-electron chi connectivity index (χ4n) is 4.98. The van der Waals surface area contributed by atoms with Crippen molar-refractivity contribution in [2.24, 2.45) is 5.73 Å². The van der Waals surface area contributed by atoms with Gasteiger partial charge in [-0.1, -0.05) is 42.5 Å². The largest absolute Gasteiger partial charge is 0.493 e. The number of nitrogens with two attached hydrogens (primary N) is 1. The second kappa shape index (κ2) is 9.00. The number of carbonyl (C=O) groups excluding carboxylic acids is 1. The Hall–Kier alpha value is -3.76. The first-order valence-corrected chi connectivity index (χ1v) is 10.8. The van der Waals surface area contributed by atoms with Crippen LogP contribution < -0.4 is 15.2 Å². The fraction of sp³-hybridized carbons (Fsp3) is 0.308. The molecular weight excluding hydrogens is 416 g/mol. The number of para-hydroxylation sites is 1. The minimum Gasteiger partial charge on any atom is -0.493 e. The highest BCUT2D eigenvalue weighted by Gasteiger charge is 2.44. The van der Waals surface area contributed by atoms with E-state index in [1.54, 1.807) is 25.3 Å². The second-order valence-electron chi connectivity index (χ2n) is 8.38. The average Bonchev–Trinajstić information content (AvgIpc) is 2.82. The van der Waals surface area contributed by atoms with Crippen LogP contribution in [0.15, 0.2) is 71.2 Å². The first-order chi connectivity index (χ1) is 15.9. The van der Waals surface area contributed by atoms with Crippen molar-refractivity contribution >= 4 is 5.78 Å². The maximum Gasteiger partial charge on any atom is 0.164 e. The van der Waals surface area contributed by atoms with E-state index in [2.05, 4.69) is 18.2 Å². The lowest BCUT2D eigenvalue weighted by atomic mass is 9.72. The first-order valence-electron chi connectivity index (χ1n) is 10.8. The number of benzene rings is 2. The number of nitrogens with zero attached hydrogens (tertiary/aromatic N) is 3. The molecule has 0 bridgehead atoms. The highest BCUT2D eigenvalue weighted by Crippen LogP contribution is 2.50. The van der Waals surface area contributed by atoms with Gasteiger partial charge in [0.1, 0.15) is 5.82 Å². The Morgan fingerprint density at radius 2 is 1.79 bits per heavy atom. The van der Waals surface area contributed by atoms with Crippen LogP contribution in [0, 0.1) is 11.3 Å². The van der Waals surface area contributed by atoms with Crippen LogP contribution >= 0.6 is 0 Å². The third-order valence-corrected chi connectivity index (χ3v) is 6.36. The molecule has 4 rings (SSSR count). The van der Waals surface area contributed by atoms with Gasteiger partial charge in [0.15, 0.2) is 17.3 Å². The minimum absolute atomic E-state index is 0.00655. The van der Waals surface area contributed by atoms with Gasteiger partial charge in [-0.2, -0.15) is 5.26 Å². The van der Waals surface area contributed by atoms with Gasteiger partial charge in [-0.15, -0.1) is 0 Å². The van der Waals surface area contributed by atoms with Crippen LogP contribution in [0.4, 0.5) is 0 Å². The van der Waals surface area contributed by atoms with Crippen LogP contribution in [0.2, 0.25) is 0 Å². The van der Waals surface area contributed by atoms with Crippen molar-refractivity contribution in [2.75, 3.05) is 28.3 Å². The summed E-state index contributed by atoms with van der Waals surface area (Å²) in [4.78, 5) is 13.7. The van der Waals surface area contributed by atoms with Crippen LogP contribution in [0.5, 0.6) is 11.5 Å². The lowest BCUT2D eigenvalue weighted by Crippen LogP contribution is -2.46. The highest BCUT2D eigenvalue weighted by molar-refractivity contribution is 6.00. The van der Waals surface area contributed by atoms with E-state index in [1.807, 2.05) is 49.4 Å². The summed E-state index contributed by atoms with van der Waals surface area (Å²) in [7, 11) is 6.83. The zero-order valence-corrected chi connectivity index (χ0v) is 19.3. The average molecular weight is 445 g/mol. The number of nitriles is 1. The molecule has 2 aliphatic rings. The summed E-state index contributed by atoms with van der Waals surface area (Å²) in [6.07, 6.45) is 0.997. The molecule has 0 saturated carbocycles. The third kappa shape index (κ3) is 3.73. The van der Waals surface area contributed by atoms with Gasteiger partial charge in [0, 0.05) is 37.3 Å². The van der Waals surface area contributed by atoms with E-state index in [0.29, 0.717) is 46.9 Å². The van der Waals surface area contributed by atoms with Crippen LogP contribution in [-0.2, 0) is 4.79 Å². The molecule has 7 nitrogen and oxygen atoms in total. The van der Waals surface area contributed by atoms with E-state index in [1.165, 1.54) is 0 Å². The molecule has 7 heteroatoms. The Morgan fingerprint density at radius 1 is 1.06 bits per heavy atom. The topological polar surface area (TPSA) is 91.8 Å². The molecular formula is C26H28N4O3. The van der Waals surface area contributed by atoms with Gasteiger partial charge in [-0.05, 0) is 24.0 Å². The molecule has 170 valence electrons. The van der Waals surface area contributed by atoms with Gasteiger partial charge in [0.05, 0.1) is 31.8 Å². The molecule has 0 spiro atoms. The Balaban J connectivity index is 1.95. The quantitative estimate of drug-likeness (QED) is 0.752. The van der Waals surface area contributed by atoms with Crippen molar-refractivity contribution in [3.8, 4) is 17.6 Å². The van der Waals surface area contributed by atoms with E-state index >= 15 is 0 Å². The van der Waals surface area contributed by atoms with Crippen molar-refractivity contribution in [3.05, 3.63) is 82.3 Å². The van der Waals surface area contributed by atoms with Gasteiger partial charge in [0.2, 0.25) is 0 Å². The van der Waals surface area contributed by atoms with Crippen molar-refractivity contribution in [2.45, 2.75) is 24.7 Å². The number of methoxy groups -OCH3 is 2. The molecule has 33 heavy (non-hydrogen) atoms. The van der Waals surface area contributed by atoms with Gasteiger partial charge < -0.3 is 15.2 Å². The molecule has 0 unspecified atom stereocenters. The summed E-state index contributed by atoms with van der Waals surface area (Å²) in [5, 5.41) is 13.8. The molecule has 0 aromatic heterocycles. The Kier molecular flexibility index (Phi) is 6.12. The van der Waals surface area contributed by atoms with Crippen LogP contribution in [0.25, 0.3) is 0 Å². The second-order valence-corrected chi connectivity index (χ2v) is 8.38. The fourth-order valence-corrected chi connectivity index (χ4v) is 4.98. The lowest BCUT2D eigenvalue weighted by Gasteiger charge is -2.44. The number of hydrogen-bond donors (Lipinski definition) is 1. The Bertz CT molecular complexity index is 1180. The lowest BCUT2D eigenvalue weighted by molar-refractivity contribution is -0.117. The monoisotopic (exact) mass is 444 g/mol. The summed E-state index contributed by atoms with van der Waals surface area (Å²) in [5.74, 6) is 0.756. The van der Waals surface area contributed by atoms with E-state index in [-0.39, 0.29) is 11.7 Å². The number of ketones is 1. The number of ether oxygens (including phenoxy) is 2. The smallest absolute Gasteiger partial charge is 0.164 e. The number of Topliss-reactive ketones (excluding diaryl/α,β-unsaturated/α-hetero) is 1. The summed E-state index contributed by atoms with van der Waals surface area (Å²) >= 11 is 0.